The van der Waals surface area contributed by atoms with E-state index in [-0.39, 0.29) is 35.0 Å². The second-order valence-electron chi connectivity index (χ2n) is 6.63. The van der Waals surface area contributed by atoms with Crippen LogP contribution < -0.4 is 9.47 Å². The molecule has 0 amide bonds. The molecule has 3 rings (SSSR count). The molecule has 0 aliphatic carbocycles. The fourth-order valence-electron chi connectivity index (χ4n) is 3.08. The van der Waals surface area contributed by atoms with E-state index in [0.29, 0.717) is 0 Å². The maximum absolute atomic E-state index is 12.5. The van der Waals surface area contributed by atoms with Gasteiger partial charge in [0.25, 0.3) is 0 Å². The van der Waals surface area contributed by atoms with Crippen molar-refractivity contribution in [1.82, 2.24) is 0 Å². The molecule has 0 radical (unpaired) electrons. The first-order chi connectivity index (χ1) is 12.4. The first kappa shape index (κ1) is 17.9. The van der Waals surface area contributed by atoms with Gasteiger partial charge in [-0.3, -0.25) is 4.79 Å². The monoisotopic (exact) mass is 354 g/mol. The summed E-state index contributed by atoms with van der Waals surface area (Å²) in [5, 5.41) is 19.6. The Morgan fingerprint density at radius 2 is 2.04 bits per heavy atom. The molecular formula is C21H22O5. The summed E-state index contributed by atoms with van der Waals surface area (Å²) < 4.78 is 11.3. The van der Waals surface area contributed by atoms with Crippen LogP contribution in [0.2, 0.25) is 0 Å². The Hall–Kier alpha value is -2.95. The van der Waals surface area contributed by atoms with Crippen molar-refractivity contribution in [3.8, 4) is 23.0 Å². The number of carbonyl (C=O) groups is 1. The maximum atomic E-state index is 12.5. The summed E-state index contributed by atoms with van der Waals surface area (Å²) in [6.45, 7) is 4.07. The summed E-state index contributed by atoms with van der Waals surface area (Å²) >= 11 is 0. The van der Waals surface area contributed by atoms with Gasteiger partial charge in [0.15, 0.2) is 5.78 Å². The fourth-order valence-corrected chi connectivity index (χ4v) is 3.08. The van der Waals surface area contributed by atoms with Gasteiger partial charge < -0.3 is 19.7 Å². The fraction of sp³-hybridized carbons (Fsp3) is 0.286. The van der Waals surface area contributed by atoms with Gasteiger partial charge in [0.1, 0.15) is 34.7 Å². The molecule has 5 heteroatoms. The average molecular weight is 354 g/mol. The van der Waals surface area contributed by atoms with Crippen molar-refractivity contribution in [2.45, 2.75) is 32.8 Å². The van der Waals surface area contributed by atoms with Gasteiger partial charge in [-0.25, -0.2) is 0 Å². The van der Waals surface area contributed by atoms with E-state index in [1.807, 2.05) is 32.0 Å². The zero-order chi connectivity index (χ0) is 18.8. The third kappa shape index (κ3) is 3.52. The Labute approximate surface area is 152 Å². The zero-order valence-electron chi connectivity index (χ0n) is 15.1. The van der Waals surface area contributed by atoms with Crippen LogP contribution in [0.4, 0.5) is 0 Å². The molecule has 0 fully saturated rings. The second kappa shape index (κ2) is 7.12. The van der Waals surface area contributed by atoms with E-state index in [0.717, 1.165) is 29.4 Å². The third-order valence-corrected chi connectivity index (χ3v) is 4.39. The normalized spacial score (nSPS) is 15.8. The molecule has 1 heterocycles. The van der Waals surface area contributed by atoms with Gasteiger partial charge >= 0.3 is 0 Å². The third-order valence-electron chi connectivity index (χ3n) is 4.39. The molecule has 1 atom stereocenters. The van der Waals surface area contributed by atoms with E-state index in [1.165, 1.54) is 11.6 Å². The molecule has 0 unspecified atom stereocenters. The van der Waals surface area contributed by atoms with Crippen molar-refractivity contribution in [2.75, 3.05) is 7.11 Å². The predicted octanol–water partition coefficient (Wildman–Crippen LogP) is 4.32. The number of rotatable bonds is 4. The van der Waals surface area contributed by atoms with Crippen LogP contribution >= 0.6 is 0 Å². The molecule has 0 saturated carbocycles. The topological polar surface area (TPSA) is 76.0 Å². The number of Topliss-reactive ketones (excluding diaryl/α,β-unsaturated/α-hetero) is 1. The number of aromatic hydroxyl groups is 2. The Balaban J connectivity index is 1.96. The van der Waals surface area contributed by atoms with Gasteiger partial charge in [0, 0.05) is 12.1 Å². The lowest BCUT2D eigenvalue weighted by molar-refractivity contribution is 0.0844. The quantitative estimate of drug-likeness (QED) is 0.800. The molecule has 0 bridgehead atoms. The first-order valence-electron chi connectivity index (χ1n) is 8.45. The van der Waals surface area contributed by atoms with Crippen LogP contribution in [-0.4, -0.2) is 23.1 Å². The van der Waals surface area contributed by atoms with E-state index in [2.05, 4.69) is 6.08 Å². The molecule has 0 aromatic heterocycles. The number of allylic oxidation sites excluding steroid dienone is 2. The number of carbonyl (C=O) groups excluding carboxylic acids is 1. The summed E-state index contributed by atoms with van der Waals surface area (Å²) in [5.41, 5.74) is 3.19. The summed E-state index contributed by atoms with van der Waals surface area (Å²) in [4.78, 5) is 12.5. The minimum atomic E-state index is -0.479. The smallest absolute Gasteiger partial charge is 0.174 e. The molecule has 5 nitrogen and oxygen atoms in total. The van der Waals surface area contributed by atoms with E-state index in [4.69, 9.17) is 9.47 Å². The molecule has 2 aromatic carbocycles. The molecule has 26 heavy (non-hydrogen) atoms. The Bertz CT molecular complexity index is 878. The lowest BCUT2D eigenvalue weighted by atomic mass is 9.94. The highest BCUT2D eigenvalue weighted by atomic mass is 16.5. The average Bonchev–Trinajstić information content (AvgIpc) is 2.58. The number of benzene rings is 2. The molecular weight excluding hydrogens is 332 g/mol. The Morgan fingerprint density at radius 3 is 2.73 bits per heavy atom. The van der Waals surface area contributed by atoms with E-state index in [1.54, 1.807) is 7.11 Å². The molecule has 2 N–H and O–H groups in total. The van der Waals surface area contributed by atoms with Crippen molar-refractivity contribution in [2.24, 2.45) is 0 Å². The number of phenolic OH excluding ortho intramolecular Hbond substituents is 2. The summed E-state index contributed by atoms with van der Waals surface area (Å²) in [5.74, 6) is 0.362. The molecule has 136 valence electrons. The van der Waals surface area contributed by atoms with Crippen molar-refractivity contribution in [1.29, 1.82) is 0 Å². The second-order valence-corrected chi connectivity index (χ2v) is 6.63. The van der Waals surface area contributed by atoms with Crippen molar-refractivity contribution < 1.29 is 24.5 Å². The van der Waals surface area contributed by atoms with Gasteiger partial charge in [0.2, 0.25) is 0 Å². The van der Waals surface area contributed by atoms with Crippen molar-refractivity contribution in [3.63, 3.8) is 0 Å². The van der Waals surface area contributed by atoms with Crippen LogP contribution in [0.15, 0.2) is 42.0 Å². The number of phenols is 2. The standard InChI is InChI=1S/C21H22O5/c1-12(2)4-5-13-8-14(6-7-18(13)25-3)19-11-17(24)21-16(23)9-15(22)10-20(21)26-19/h4,6-10,19,22-23H,5,11H2,1-3H3/t19-/m0/s1. The number of hydrogen-bond acceptors (Lipinski definition) is 5. The van der Waals surface area contributed by atoms with Crippen LogP contribution in [0, 0.1) is 0 Å². The highest BCUT2D eigenvalue weighted by Crippen LogP contribution is 2.42. The van der Waals surface area contributed by atoms with Crippen LogP contribution in [0.1, 0.15) is 47.9 Å². The van der Waals surface area contributed by atoms with Gasteiger partial charge in [0.05, 0.1) is 13.5 Å². The van der Waals surface area contributed by atoms with Gasteiger partial charge in [-0.1, -0.05) is 17.7 Å². The Kier molecular flexibility index (Phi) is 4.89. The summed E-state index contributed by atoms with van der Waals surface area (Å²) in [7, 11) is 1.63. The zero-order valence-corrected chi connectivity index (χ0v) is 15.1. The number of ether oxygens (including phenoxy) is 2. The minimum absolute atomic E-state index is 0.123. The Morgan fingerprint density at radius 1 is 1.27 bits per heavy atom. The highest BCUT2D eigenvalue weighted by molar-refractivity contribution is 6.02. The number of fused-ring (bicyclic) bond motifs is 1. The van der Waals surface area contributed by atoms with Crippen LogP contribution in [-0.2, 0) is 6.42 Å². The highest BCUT2D eigenvalue weighted by Gasteiger charge is 2.31. The first-order valence-corrected chi connectivity index (χ1v) is 8.45. The van der Waals surface area contributed by atoms with Crippen LogP contribution in [0.25, 0.3) is 0 Å². The molecule has 0 saturated heterocycles. The SMILES string of the molecule is COc1ccc([C@@H]2CC(=O)c3c(O)cc(O)cc3O2)cc1CC=C(C)C. The van der Waals surface area contributed by atoms with Crippen molar-refractivity contribution >= 4 is 5.78 Å². The van der Waals surface area contributed by atoms with E-state index in [9.17, 15) is 15.0 Å². The van der Waals surface area contributed by atoms with Crippen LogP contribution in [0.3, 0.4) is 0 Å². The molecule has 1 aliphatic rings. The van der Waals surface area contributed by atoms with Gasteiger partial charge in [-0.2, -0.15) is 0 Å². The molecule has 0 spiro atoms. The summed E-state index contributed by atoms with van der Waals surface area (Å²) in [6, 6.07) is 8.21. The number of hydrogen-bond donors (Lipinski definition) is 2. The van der Waals surface area contributed by atoms with Crippen LogP contribution in [0.5, 0.6) is 23.0 Å². The largest absolute Gasteiger partial charge is 0.508 e. The lowest BCUT2D eigenvalue weighted by Gasteiger charge is -2.26. The lowest BCUT2D eigenvalue weighted by Crippen LogP contribution is -2.20. The predicted molar refractivity (Wildman–Crippen MR) is 98.2 cm³/mol. The molecule has 2 aromatic rings. The van der Waals surface area contributed by atoms with Crippen molar-refractivity contribution in [3.05, 3.63) is 58.7 Å². The van der Waals surface area contributed by atoms with E-state index >= 15 is 0 Å². The van der Waals surface area contributed by atoms with Gasteiger partial charge in [-0.15, -0.1) is 0 Å². The van der Waals surface area contributed by atoms with Gasteiger partial charge in [-0.05, 0) is 43.5 Å². The summed E-state index contributed by atoms with van der Waals surface area (Å²) in [6.07, 6.45) is 2.48. The van der Waals surface area contributed by atoms with E-state index < -0.39 is 6.10 Å². The molecule has 1 aliphatic heterocycles. The number of ketones is 1. The minimum Gasteiger partial charge on any atom is -0.508 e. The maximum Gasteiger partial charge on any atom is 0.174 e. The number of methoxy groups -OCH3 is 1.